The zero-order valence-electron chi connectivity index (χ0n) is 11.3. The van der Waals surface area contributed by atoms with Crippen LogP contribution in [0.4, 0.5) is 5.13 Å². The van der Waals surface area contributed by atoms with Gasteiger partial charge in [-0.1, -0.05) is 46.3 Å². The number of amides is 1. The second kappa shape index (κ2) is 6.37. The van der Waals surface area contributed by atoms with Crippen LogP contribution in [0.5, 0.6) is 0 Å². The summed E-state index contributed by atoms with van der Waals surface area (Å²) < 4.78 is 1.02. The molecule has 1 heterocycles. The summed E-state index contributed by atoms with van der Waals surface area (Å²) in [5, 5.41) is 3.45. The van der Waals surface area contributed by atoms with Gasteiger partial charge in [0, 0.05) is 4.47 Å². The number of hydrogen-bond donors (Lipinski definition) is 2. The van der Waals surface area contributed by atoms with Gasteiger partial charge in [0.15, 0.2) is 5.13 Å². The minimum atomic E-state index is -0.119. The highest BCUT2D eigenvalue weighted by Gasteiger charge is 2.18. The Morgan fingerprint density at radius 3 is 2.60 bits per heavy atom. The Balaban J connectivity index is 2.16. The van der Waals surface area contributed by atoms with Crippen LogP contribution in [0, 0.1) is 6.92 Å². The monoisotopic (exact) mass is 353 g/mol. The Kier molecular flexibility index (Phi) is 4.77. The van der Waals surface area contributed by atoms with Gasteiger partial charge in [-0.2, -0.15) is 0 Å². The molecule has 1 unspecified atom stereocenters. The topological polar surface area (TPSA) is 68.0 Å². The molecule has 2 rings (SSSR count). The Labute approximate surface area is 130 Å². The summed E-state index contributed by atoms with van der Waals surface area (Å²) in [5.41, 5.74) is 7.39. The van der Waals surface area contributed by atoms with E-state index in [1.165, 1.54) is 11.3 Å². The van der Waals surface area contributed by atoms with Crippen molar-refractivity contribution in [1.29, 1.82) is 0 Å². The van der Waals surface area contributed by atoms with Crippen molar-refractivity contribution in [2.45, 2.75) is 26.3 Å². The molecule has 0 bridgehead atoms. The van der Waals surface area contributed by atoms with Crippen molar-refractivity contribution in [3.8, 4) is 0 Å². The highest BCUT2D eigenvalue weighted by atomic mass is 79.9. The maximum Gasteiger partial charge on any atom is 0.263 e. The minimum absolute atomic E-state index is 0.0154. The number of aryl methyl sites for hydroxylation is 1. The first-order valence-corrected chi connectivity index (χ1v) is 7.91. The number of carbonyl (C=O) groups excluding carboxylic acids is 1. The van der Waals surface area contributed by atoms with Crippen molar-refractivity contribution in [3.05, 3.63) is 44.9 Å². The van der Waals surface area contributed by atoms with E-state index in [1.54, 1.807) is 6.92 Å². The van der Waals surface area contributed by atoms with Gasteiger partial charge in [0.1, 0.15) is 4.88 Å². The van der Waals surface area contributed by atoms with Crippen LogP contribution in [0.3, 0.4) is 0 Å². The summed E-state index contributed by atoms with van der Waals surface area (Å²) in [6.07, 6.45) is 0.820. The molecule has 0 fully saturated rings. The molecule has 0 aliphatic carbocycles. The number of nitrogens with zero attached hydrogens (tertiary/aromatic N) is 1. The number of hydrogen-bond acceptors (Lipinski definition) is 4. The maximum absolute atomic E-state index is 12.3. The molecule has 0 saturated heterocycles. The highest BCUT2D eigenvalue weighted by Crippen LogP contribution is 2.23. The van der Waals surface area contributed by atoms with E-state index in [4.69, 9.17) is 5.73 Å². The van der Waals surface area contributed by atoms with Crippen molar-refractivity contribution < 1.29 is 4.79 Å². The Morgan fingerprint density at radius 1 is 1.45 bits per heavy atom. The molecule has 1 atom stereocenters. The Hall–Kier alpha value is -1.40. The first kappa shape index (κ1) is 15.0. The fourth-order valence-electron chi connectivity index (χ4n) is 1.97. The van der Waals surface area contributed by atoms with Gasteiger partial charge in [-0.3, -0.25) is 4.79 Å². The van der Waals surface area contributed by atoms with Crippen molar-refractivity contribution in [1.82, 2.24) is 10.3 Å². The number of nitrogens with one attached hydrogen (secondary N) is 1. The zero-order valence-corrected chi connectivity index (χ0v) is 13.7. The molecule has 3 N–H and O–H groups in total. The molecule has 2 aromatic rings. The smallest absolute Gasteiger partial charge is 0.263 e. The number of nitrogen functional groups attached to an aromatic ring is 1. The first-order valence-electron chi connectivity index (χ1n) is 6.30. The quantitative estimate of drug-likeness (QED) is 0.880. The fraction of sp³-hybridized carbons (Fsp3) is 0.286. The normalized spacial score (nSPS) is 12.2. The molecule has 0 saturated carbocycles. The van der Waals surface area contributed by atoms with E-state index in [-0.39, 0.29) is 11.9 Å². The number of benzene rings is 1. The molecule has 0 spiro atoms. The summed E-state index contributed by atoms with van der Waals surface area (Å²) in [7, 11) is 0. The summed E-state index contributed by atoms with van der Waals surface area (Å²) in [4.78, 5) is 16.9. The Bertz CT molecular complexity index is 609. The van der Waals surface area contributed by atoms with Gasteiger partial charge in [-0.05, 0) is 31.0 Å². The number of carbonyl (C=O) groups is 1. The number of halogens is 1. The van der Waals surface area contributed by atoms with Crippen molar-refractivity contribution in [2.75, 3.05) is 5.73 Å². The van der Waals surface area contributed by atoms with Gasteiger partial charge in [0.05, 0.1) is 11.7 Å². The van der Waals surface area contributed by atoms with Crippen LogP contribution < -0.4 is 11.1 Å². The second-order valence-corrected chi connectivity index (χ2v) is 6.40. The minimum Gasteiger partial charge on any atom is -0.375 e. The molecule has 4 nitrogen and oxygen atoms in total. The van der Waals surface area contributed by atoms with E-state index in [0.29, 0.717) is 15.7 Å². The summed E-state index contributed by atoms with van der Waals surface area (Å²) in [5.74, 6) is -0.119. The van der Waals surface area contributed by atoms with E-state index in [2.05, 4.69) is 26.2 Å². The van der Waals surface area contributed by atoms with Gasteiger partial charge in [-0.25, -0.2) is 4.98 Å². The summed E-state index contributed by atoms with van der Waals surface area (Å²) in [6, 6.07) is 7.94. The van der Waals surface area contributed by atoms with Crippen LogP contribution in [0.1, 0.15) is 40.3 Å². The molecule has 0 radical (unpaired) electrons. The predicted molar refractivity (Wildman–Crippen MR) is 85.9 cm³/mol. The van der Waals surface area contributed by atoms with E-state index in [9.17, 15) is 4.79 Å². The SMILES string of the molecule is CCC(NC(=O)c1sc(N)nc1C)c1ccc(Br)cc1. The van der Waals surface area contributed by atoms with Gasteiger partial charge < -0.3 is 11.1 Å². The molecule has 0 aliphatic heterocycles. The van der Waals surface area contributed by atoms with Crippen LogP contribution in [-0.4, -0.2) is 10.9 Å². The number of thiazole rings is 1. The Morgan fingerprint density at radius 2 is 2.10 bits per heavy atom. The largest absolute Gasteiger partial charge is 0.375 e. The average molecular weight is 354 g/mol. The number of nitrogens with two attached hydrogens (primary N) is 1. The fourth-order valence-corrected chi connectivity index (χ4v) is 2.97. The molecule has 20 heavy (non-hydrogen) atoms. The van der Waals surface area contributed by atoms with E-state index in [0.717, 1.165) is 16.5 Å². The van der Waals surface area contributed by atoms with Gasteiger partial charge in [0.2, 0.25) is 0 Å². The van der Waals surface area contributed by atoms with Crippen LogP contribution >= 0.6 is 27.3 Å². The third-order valence-corrected chi connectivity index (χ3v) is 4.52. The lowest BCUT2D eigenvalue weighted by Crippen LogP contribution is -2.28. The summed E-state index contributed by atoms with van der Waals surface area (Å²) in [6.45, 7) is 3.84. The molecule has 106 valence electrons. The third kappa shape index (κ3) is 3.37. The number of rotatable bonds is 4. The lowest BCUT2D eigenvalue weighted by atomic mass is 10.0. The van der Waals surface area contributed by atoms with E-state index in [1.807, 2.05) is 31.2 Å². The molecule has 1 amide bonds. The van der Waals surface area contributed by atoms with Crippen LogP contribution in [0.15, 0.2) is 28.7 Å². The lowest BCUT2D eigenvalue weighted by Gasteiger charge is -2.17. The third-order valence-electron chi connectivity index (χ3n) is 3.01. The summed E-state index contributed by atoms with van der Waals surface area (Å²) >= 11 is 4.63. The second-order valence-electron chi connectivity index (χ2n) is 4.45. The maximum atomic E-state index is 12.3. The van der Waals surface area contributed by atoms with Gasteiger partial charge >= 0.3 is 0 Å². The molecule has 1 aromatic heterocycles. The standard InChI is InChI=1S/C14H16BrN3OS/c1-3-11(9-4-6-10(15)7-5-9)18-13(19)12-8(2)17-14(16)20-12/h4-7,11H,3H2,1-2H3,(H2,16,17)(H,18,19). The molecule has 1 aromatic carbocycles. The van der Waals surface area contributed by atoms with Gasteiger partial charge in [-0.15, -0.1) is 0 Å². The van der Waals surface area contributed by atoms with Crippen LogP contribution in [0.2, 0.25) is 0 Å². The highest BCUT2D eigenvalue weighted by molar-refractivity contribution is 9.10. The van der Waals surface area contributed by atoms with E-state index >= 15 is 0 Å². The van der Waals surface area contributed by atoms with Gasteiger partial charge in [0.25, 0.3) is 5.91 Å². The molecule has 6 heteroatoms. The lowest BCUT2D eigenvalue weighted by molar-refractivity contribution is 0.0939. The van der Waals surface area contributed by atoms with Crippen molar-refractivity contribution in [2.24, 2.45) is 0 Å². The van der Waals surface area contributed by atoms with Crippen LogP contribution in [-0.2, 0) is 0 Å². The zero-order chi connectivity index (χ0) is 14.7. The average Bonchev–Trinajstić information content (AvgIpc) is 2.76. The predicted octanol–water partition coefficient (Wildman–Crippen LogP) is 3.68. The molecule has 0 aliphatic rings. The van der Waals surface area contributed by atoms with Crippen molar-refractivity contribution in [3.63, 3.8) is 0 Å². The number of aromatic nitrogens is 1. The van der Waals surface area contributed by atoms with Crippen LogP contribution in [0.25, 0.3) is 0 Å². The van der Waals surface area contributed by atoms with E-state index < -0.39 is 0 Å². The molecular weight excluding hydrogens is 338 g/mol. The first-order chi connectivity index (χ1) is 9.51. The number of anilines is 1. The molecular formula is C14H16BrN3OS. The van der Waals surface area contributed by atoms with Crippen molar-refractivity contribution >= 4 is 38.3 Å².